The first kappa shape index (κ1) is 10.3. The van der Waals surface area contributed by atoms with Gasteiger partial charge >= 0.3 is 0 Å². The molecule has 2 amide bonds. The molecule has 1 aliphatic carbocycles. The molecule has 1 saturated heterocycles. The van der Waals surface area contributed by atoms with E-state index in [0.29, 0.717) is 18.3 Å². The van der Waals surface area contributed by atoms with Crippen molar-refractivity contribution < 1.29 is 14.0 Å². The number of aromatic nitrogens is 1. The van der Waals surface area contributed by atoms with Crippen molar-refractivity contribution in [3.8, 4) is 0 Å². The minimum absolute atomic E-state index is 0.0502. The lowest BCUT2D eigenvalue weighted by Crippen LogP contribution is -2.30. The van der Waals surface area contributed by atoms with E-state index in [9.17, 15) is 9.59 Å². The minimum Gasteiger partial charge on any atom is -0.438 e. The average Bonchev–Trinajstić information content (AvgIpc) is 2.94. The van der Waals surface area contributed by atoms with E-state index in [1.807, 2.05) is 0 Å². The van der Waals surface area contributed by atoms with Crippen LogP contribution in [0.5, 0.6) is 0 Å². The number of carbonyl (C=O) groups excluding carboxylic acids is 2. The van der Waals surface area contributed by atoms with Gasteiger partial charge in [0.2, 0.25) is 11.7 Å². The number of nitrogens with zero attached hydrogens (tertiary/aromatic N) is 3. The Kier molecular flexibility index (Phi) is 2.17. The Hall–Kier alpha value is -1.85. The fraction of sp³-hybridized carbons (Fsp3) is 0.545. The van der Waals surface area contributed by atoms with Crippen LogP contribution in [0.4, 0.5) is 0 Å². The lowest BCUT2D eigenvalue weighted by atomic mass is 10.2. The van der Waals surface area contributed by atoms with Crippen molar-refractivity contribution in [1.29, 1.82) is 0 Å². The highest BCUT2D eigenvalue weighted by Gasteiger charge is 2.36. The first-order valence-corrected chi connectivity index (χ1v) is 5.63. The van der Waals surface area contributed by atoms with Crippen LogP contribution < -0.4 is 0 Å². The molecule has 6 nitrogen and oxygen atoms in total. The summed E-state index contributed by atoms with van der Waals surface area (Å²) in [6, 6.07) is 0. The third-order valence-corrected chi connectivity index (χ3v) is 3.18. The number of hydrogen-bond donors (Lipinski definition) is 0. The van der Waals surface area contributed by atoms with Crippen molar-refractivity contribution in [3.05, 3.63) is 17.8 Å². The van der Waals surface area contributed by atoms with E-state index in [0.717, 1.165) is 18.5 Å². The van der Waals surface area contributed by atoms with Crippen molar-refractivity contribution in [2.24, 2.45) is 0 Å². The molecule has 1 aliphatic heterocycles. The van der Waals surface area contributed by atoms with E-state index in [1.165, 1.54) is 16.2 Å². The van der Waals surface area contributed by atoms with E-state index >= 15 is 0 Å². The summed E-state index contributed by atoms with van der Waals surface area (Å²) in [6.07, 6.45) is 3.43. The molecule has 0 atom stereocenters. The molecule has 2 fully saturated rings. The van der Waals surface area contributed by atoms with Gasteiger partial charge in [0.1, 0.15) is 6.54 Å². The summed E-state index contributed by atoms with van der Waals surface area (Å²) in [6.45, 7) is 0.447. The summed E-state index contributed by atoms with van der Waals surface area (Å²) in [5, 5.41) is 0. The van der Waals surface area contributed by atoms with E-state index in [2.05, 4.69) is 4.98 Å². The van der Waals surface area contributed by atoms with Crippen molar-refractivity contribution in [2.75, 3.05) is 20.3 Å². The van der Waals surface area contributed by atoms with Gasteiger partial charge in [0.25, 0.3) is 5.91 Å². The van der Waals surface area contributed by atoms with Crippen LogP contribution in [-0.4, -0.2) is 46.9 Å². The second kappa shape index (κ2) is 3.58. The van der Waals surface area contributed by atoms with Crippen molar-refractivity contribution in [1.82, 2.24) is 14.8 Å². The van der Waals surface area contributed by atoms with Gasteiger partial charge in [0.15, 0.2) is 6.39 Å². The predicted molar refractivity (Wildman–Crippen MR) is 57.2 cm³/mol. The van der Waals surface area contributed by atoms with E-state index < -0.39 is 0 Å². The normalized spacial score (nSPS) is 20.2. The summed E-state index contributed by atoms with van der Waals surface area (Å²) in [7, 11) is 1.68. The molecule has 17 heavy (non-hydrogen) atoms. The molecule has 1 aromatic rings. The zero-order chi connectivity index (χ0) is 12.0. The number of likely N-dealkylation sites (N-methyl/N-ethyl adjacent to an activating group) is 1. The highest BCUT2D eigenvalue weighted by Crippen LogP contribution is 2.41. The van der Waals surface area contributed by atoms with Gasteiger partial charge in [0, 0.05) is 13.0 Å². The molecule has 1 aromatic heterocycles. The zero-order valence-electron chi connectivity index (χ0n) is 9.55. The summed E-state index contributed by atoms with van der Waals surface area (Å²) in [4.78, 5) is 30.6. The Balaban J connectivity index is 1.82. The molecule has 1 saturated carbocycles. The van der Waals surface area contributed by atoms with Crippen LogP contribution in [0.3, 0.4) is 0 Å². The molecule has 0 unspecified atom stereocenters. The third kappa shape index (κ3) is 1.69. The Morgan fingerprint density at radius 2 is 2.29 bits per heavy atom. The van der Waals surface area contributed by atoms with Crippen LogP contribution in [-0.2, 0) is 4.79 Å². The molecule has 0 radical (unpaired) electrons. The molecular formula is C11H13N3O3. The molecule has 0 spiro atoms. The monoisotopic (exact) mass is 235 g/mol. The predicted octanol–water partition coefficient (Wildman–Crippen LogP) is 0.424. The Bertz CT molecular complexity index is 478. The fourth-order valence-corrected chi connectivity index (χ4v) is 2.01. The van der Waals surface area contributed by atoms with Gasteiger partial charge < -0.3 is 14.2 Å². The summed E-state index contributed by atoms with van der Waals surface area (Å²) >= 11 is 0. The first-order valence-electron chi connectivity index (χ1n) is 5.63. The Morgan fingerprint density at radius 3 is 2.88 bits per heavy atom. The topological polar surface area (TPSA) is 66.7 Å². The smallest absolute Gasteiger partial charge is 0.293 e. The second-order valence-electron chi connectivity index (χ2n) is 4.58. The van der Waals surface area contributed by atoms with Gasteiger partial charge in [-0.2, -0.15) is 0 Å². The van der Waals surface area contributed by atoms with Crippen molar-refractivity contribution >= 4 is 11.8 Å². The van der Waals surface area contributed by atoms with Crippen LogP contribution in [0, 0.1) is 0 Å². The van der Waals surface area contributed by atoms with Crippen LogP contribution in [0.2, 0.25) is 0 Å². The SMILES string of the molecule is CN1CN(C(=O)c2ocnc2C2CC2)CC1=O. The van der Waals surface area contributed by atoms with E-state index in [-0.39, 0.29) is 18.4 Å². The Morgan fingerprint density at radius 1 is 1.53 bits per heavy atom. The highest BCUT2D eigenvalue weighted by atomic mass is 16.4. The van der Waals surface area contributed by atoms with E-state index in [4.69, 9.17) is 4.42 Å². The zero-order valence-corrected chi connectivity index (χ0v) is 9.55. The highest BCUT2D eigenvalue weighted by molar-refractivity contribution is 5.96. The van der Waals surface area contributed by atoms with Gasteiger partial charge in [-0.1, -0.05) is 0 Å². The maximum Gasteiger partial charge on any atom is 0.293 e. The molecule has 2 heterocycles. The molecule has 0 N–H and O–H groups in total. The largest absolute Gasteiger partial charge is 0.438 e. The lowest BCUT2D eigenvalue weighted by molar-refractivity contribution is -0.125. The fourth-order valence-electron chi connectivity index (χ4n) is 2.01. The average molecular weight is 235 g/mol. The van der Waals surface area contributed by atoms with Crippen molar-refractivity contribution in [2.45, 2.75) is 18.8 Å². The first-order chi connectivity index (χ1) is 8.16. The molecule has 90 valence electrons. The van der Waals surface area contributed by atoms with Gasteiger partial charge in [-0.25, -0.2) is 4.98 Å². The molecule has 0 aromatic carbocycles. The van der Waals surface area contributed by atoms with Gasteiger partial charge in [-0.3, -0.25) is 9.59 Å². The van der Waals surface area contributed by atoms with Crippen LogP contribution in [0.15, 0.2) is 10.8 Å². The Labute approximate surface area is 98.2 Å². The quantitative estimate of drug-likeness (QED) is 0.745. The second-order valence-corrected chi connectivity index (χ2v) is 4.58. The van der Waals surface area contributed by atoms with Crippen LogP contribution in [0.25, 0.3) is 0 Å². The molecule has 2 aliphatic rings. The summed E-state index contributed by atoms with van der Waals surface area (Å²) in [5.74, 6) is 0.382. The standard InChI is InChI=1S/C11H13N3O3/c1-13-6-14(4-8(13)15)11(16)10-9(7-2-3-7)12-5-17-10/h5,7H,2-4,6H2,1H3. The molecule has 0 bridgehead atoms. The third-order valence-electron chi connectivity index (χ3n) is 3.18. The maximum atomic E-state index is 12.2. The van der Waals surface area contributed by atoms with Crippen LogP contribution >= 0.6 is 0 Å². The minimum atomic E-state index is -0.234. The van der Waals surface area contributed by atoms with Gasteiger partial charge in [-0.15, -0.1) is 0 Å². The van der Waals surface area contributed by atoms with E-state index in [1.54, 1.807) is 7.05 Å². The van der Waals surface area contributed by atoms with Gasteiger partial charge in [-0.05, 0) is 12.8 Å². The lowest BCUT2D eigenvalue weighted by Gasteiger charge is -2.13. The van der Waals surface area contributed by atoms with Crippen molar-refractivity contribution in [3.63, 3.8) is 0 Å². The summed E-state index contributed by atoms with van der Waals surface area (Å²) < 4.78 is 5.18. The number of rotatable bonds is 2. The summed E-state index contributed by atoms with van der Waals surface area (Å²) in [5.41, 5.74) is 0.747. The van der Waals surface area contributed by atoms with Gasteiger partial charge in [0.05, 0.1) is 12.4 Å². The number of amides is 2. The maximum absolute atomic E-state index is 12.2. The number of carbonyl (C=O) groups is 2. The molecule has 6 heteroatoms. The number of oxazole rings is 1. The molecular weight excluding hydrogens is 222 g/mol. The number of hydrogen-bond acceptors (Lipinski definition) is 4. The molecule has 3 rings (SSSR count). The van der Waals surface area contributed by atoms with Crippen LogP contribution in [0.1, 0.15) is 35.0 Å².